The second-order valence-corrected chi connectivity index (χ2v) is 8.40. The molecular weight excluding hydrogens is 442 g/mol. The molecule has 2 aromatic heterocycles. The number of carbonyl (C=O) groups is 1. The van der Waals surface area contributed by atoms with E-state index < -0.39 is 5.91 Å². The van der Waals surface area contributed by atoms with Crippen molar-refractivity contribution in [2.24, 2.45) is 0 Å². The van der Waals surface area contributed by atoms with Crippen LogP contribution in [0.5, 0.6) is 5.75 Å². The summed E-state index contributed by atoms with van der Waals surface area (Å²) in [5, 5.41) is 9.68. The van der Waals surface area contributed by atoms with Gasteiger partial charge < -0.3 is 14.8 Å². The standard InChI is InChI=1S/C27H29N5O3/c1-18(2)34-13-14-35-22-10-9-19(3)23(17-22)21-11-12-28-24(16-21)30-27(33)26-29-25(31-32-26)15-20-7-5-4-6-8-20/h4-12,16-18H,13-15H2,1-3H3,(H,28,30,33)(H,29,31,32). The molecule has 0 fully saturated rings. The number of hydrogen-bond acceptors (Lipinski definition) is 6. The van der Waals surface area contributed by atoms with Crippen LogP contribution >= 0.6 is 0 Å². The number of benzene rings is 2. The zero-order valence-electron chi connectivity index (χ0n) is 20.1. The van der Waals surface area contributed by atoms with Crippen LogP contribution in [0.1, 0.15) is 41.4 Å². The average molecular weight is 472 g/mol. The molecule has 0 unspecified atom stereocenters. The zero-order valence-corrected chi connectivity index (χ0v) is 20.1. The van der Waals surface area contributed by atoms with E-state index in [0.717, 1.165) is 28.0 Å². The maximum Gasteiger partial charge on any atom is 0.296 e. The van der Waals surface area contributed by atoms with Crippen LogP contribution in [-0.4, -0.2) is 45.4 Å². The van der Waals surface area contributed by atoms with Crippen molar-refractivity contribution in [1.82, 2.24) is 20.2 Å². The second kappa shape index (κ2) is 11.4. The fourth-order valence-electron chi connectivity index (χ4n) is 3.55. The first kappa shape index (κ1) is 24.1. The molecule has 4 rings (SSSR count). The van der Waals surface area contributed by atoms with Gasteiger partial charge in [0.1, 0.15) is 24.0 Å². The van der Waals surface area contributed by atoms with Crippen LogP contribution < -0.4 is 10.1 Å². The van der Waals surface area contributed by atoms with Gasteiger partial charge in [-0.05, 0) is 67.3 Å². The summed E-state index contributed by atoms with van der Waals surface area (Å²) in [7, 11) is 0. The maximum atomic E-state index is 12.7. The summed E-state index contributed by atoms with van der Waals surface area (Å²) in [4.78, 5) is 21.3. The molecule has 0 atom stereocenters. The van der Waals surface area contributed by atoms with Crippen LogP contribution in [0.3, 0.4) is 0 Å². The van der Waals surface area contributed by atoms with Crippen molar-refractivity contribution in [3.63, 3.8) is 0 Å². The summed E-state index contributed by atoms with van der Waals surface area (Å²) in [5.74, 6) is 1.43. The van der Waals surface area contributed by atoms with E-state index in [9.17, 15) is 4.79 Å². The van der Waals surface area contributed by atoms with E-state index in [1.165, 1.54) is 0 Å². The highest BCUT2D eigenvalue weighted by atomic mass is 16.5. The van der Waals surface area contributed by atoms with Gasteiger partial charge in [0.25, 0.3) is 5.91 Å². The first-order valence-corrected chi connectivity index (χ1v) is 11.6. The highest BCUT2D eigenvalue weighted by Gasteiger charge is 2.14. The molecule has 1 amide bonds. The Morgan fingerprint density at radius 3 is 2.69 bits per heavy atom. The van der Waals surface area contributed by atoms with Crippen molar-refractivity contribution < 1.29 is 14.3 Å². The maximum absolute atomic E-state index is 12.7. The zero-order chi connectivity index (χ0) is 24.6. The summed E-state index contributed by atoms with van der Waals surface area (Å²) >= 11 is 0. The molecule has 0 saturated carbocycles. The van der Waals surface area contributed by atoms with Crippen molar-refractivity contribution in [3.8, 4) is 16.9 Å². The highest BCUT2D eigenvalue weighted by molar-refractivity contribution is 6.01. The summed E-state index contributed by atoms with van der Waals surface area (Å²) in [6, 6.07) is 19.5. The predicted molar refractivity (Wildman–Crippen MR) is 135 cm³/mol. The van der Waals surface area contributed by atoms with Crippen molar-refractivity contribution >= 4 is 11.7 Å². The summed E-state index contributed by atoms with van der Waals surface area (Å²) in [6.07, 6.45) is 2.40. The quantitative estimate of drug-likeness (QED) is 0.322. The number of ether oxygens (including phenoxy) is 2. The van der Waals surface area contributed by atoms with Crippen LogP contribution in [0.4, 0.5) is 5.82 Å². The van der Waals surface area contributed by atoms with Crippen LogP contribution in [0.15, 0.2) is 66.9 Å². The Labute approximate surface area is 204 Å². The monoisotopic (exact) mass is 471 g/mol. The van der Waals surface area contributed by atoms with Crippen LogP contribution in [0.25, 0.3) is 11.1 Å². The van der Waals surface area contributed by atoms with E-state index in [1.54, 1.807) is 6.20 Å². The number of rotatable bonds is 10. The molecule has 8 heteroatoms. The molecule has 0 radical (unpaired) electrons. The minimum absolute atomic E-state index is 0.0679. The summed E-state index contributed by atoms with van der Waals surface area (Å²) in [5.41, 5.74) is 4.07. The Kier molecular flexibility index (Phi) is 7.84. The Hall–Kier alpha value is -4.04. The van der Waals surface area contributed by atoms with Crippen molar-refractivity contribution in [2.75, 3.05) is 18.5 Å². The minimum atomic E-state index is -0.427. The molecule has 0 saturated heterocycles. The third-order valence-corrected chi connectivity index (χ3v) is 5.27. The molecule has 8 nitrogen and oxygen atoms in total. The Morgan fingerprint density at radius 2 is 1.89 bits per heavy atom. The molecule has 0 aliphatic heterocycles. The third kappa shape index (κ3) is 6.74. The number of amides is 1. The topological polar surface area (TPSA) is 102 Å². The lowest BCUT2D eigenvalue weighted by molar-refractivity contribution is 0.0553. The number of nitrogens with zero attached hydrogens (tertiary/aromatic N) is 3. The number of H-pyrrole nitrogens is 1. The van der Waals surface area contributed by atoms with Gasteiger partial charge in [-0.1, -0.05) is 36.4 Å². The van der Waals surface area contributed by atoms with Crippen LogP contribution in [0, 0.1) is 6.92 Å². The van der Waals surface area contributed by atoms with E-state index in [2.05, 4.69) is 25.5 Å². The number of aryl methyl sites for hydroxylation is 1. The fraction of sp³-hybridized carbons (Fsp3) is 0.259. The number of anilines is 1. The summed E-state index contributed by atoms with van der Waals surface area (Å²) < 4.78 is 11.4. The highest BCUT2D eigenvalue weighted by Crippen LogP contribution is 2.29. The van der Waals surface area contributed by atoms with E-state index >= 15 is 0 Å². The number of pyridine rings is 1. The molecule has 2 N–H and O–H groups in total. The molecule has 0 spiro atoms. The third-order valence-electron chi connectivity index (χ3n) is 5.27. The van der Waals surface area contributed by atoms with Gasteiger partial charge in [0, 0.05) is 12.6 Å². The number of aromatic nitrogens is 4. The molecule has 35 heavy (non-hydrogen) atoms. The largest absolute Gasteiger partial charge is 0.491 e. The first-order valence-electron chi connectivity index (χ1n) is 11.6. The van der Waals surface area contributed by atoms with Crippen molar-refractivity contribution in [2.45, 2.75) is 33.3 Å². The van der Waals surface area contributed by atoms with E-state index in [4.69, 9.17) is 9.47 Å². The smallest absolute Gasteiger partial charge is 0.296 e. The van der Waals surface area contributed by atoms with Gasteiger partial charge in [-0.2, -0.15) is 0 Å². The number of nitrogens with one attached hydrogen (secondary N) is 2. The predicted octanol–water partition coefficient (Wildman–Crippen LogP) is 4.82. The fourth-order valence-corrected chi connectivity index (χ4v) is 3.55. The number of aromatic amines is 1. The Balaban J connectivity index is 1.43. The van der Waals surface area contributed by atoms with Gasteiger partial charge >= 0.3 is 0 Å². The van der Waals surface area contributed by atoms with E-state index in [0.29, 0.717) is 31.3 Å². The molecular formula is C27H29N5O3. The minimum Gasteiger partial charge on any atom is -0.491 e. The molecule has 4 aromatic rings. The average Bonchev–Trinajstić information content (AvgIpc) is 3.32. The van der Waals surface area contributed by atoms with Crippen molar-refractivity contribution in [3.05, 3.63) is 89.6 Å². The Bertz CT molecular complexity index is 1270. The molecule has 0 bridgehead atoms. The van der Waals surface area contributed by atoms with Gasteiger partial charge in [-0.15, -0.1) is 5.10 Å². The van der Waals surface area contributed by atoms with Gasteiger partial charge in [0.15, 0.2) is 0 Å². The SMILES string of the molecule is Cc1ccc(OCCOC(C)C)cc1-c1ccnc(NC(=O)c2n[nH]c(Cc3ccccc3)n2)c1. The second-order valence-electron chi connectivity index (χ2n) is 8.40. The molecule has 2 aromatic carbocycles. The first-order chi connectivity index (χ1) is 17.0. The lowest BCUT2D eigenvalue weighted by Gasteiger charge is -2.12. The van der Waals surface area contributed by atoms with E-state index in [-0.39, 0.29) is 11.9 Å². The molecule has 0 aliphatic rings. The van der Waals surface area contributed by atoms with Gasteiger partial charge in [-0.25, -0.2) is 9.97 Å². The molecule has 180 valence electrons. The number of carbonyl (C=O) groups excluding carboxylic acids is 1. The number of hydrogen-bond donors (Lipinski definition) is 2. The lowest BCUT2D eigenvalue weighted by Crippen LogP contribution is -2.14. The van der Waals surface area contributed by atoms with Gasteiger partial charge in [0.2, 0.25) is 5.82 Å². The van der Waals surface area contributed by atoms with E-state index in [1.807, 2.05) is 81.4 Å². The van der Waals surface area contributed by atoms with Gasteiger partial charge in [-0.3, -0.25) is 9.89 Å². The van der Waals surface area contributed by atoms with Crippen LogP contribution in [0.2, 0.25) is 0 Å². The molecule has 2 heterocycles. The normalized spacial score (nSPS) is 11.0. The van der Waals surface area contributed by atoms with Gasteiger partial charge in [0.05, 0.1) is 12.7 Å². The lowest BCUT2D eigenvalue weighted by atomic mass is 10.0. The molecule has 0 aliphatic carbocycles. The summed E-state index contributed by atoms with van der Waals surface area (Å²) in [6.45, 7) is 7.02. The van der Waals surface area contributed by atoms with Crippen molar-refractivity contribution in [1.29, 1.82) is 0 Å². The van der Waals surface area contributed by atoms with Crippen LogP contribution in [-0.2, 0) is 11.2 Å². The Morgan fingerprint density at radius 1 is 1.06 bits per heavy atom.